The molecule has 0 amide bonds. The van der Waals surface area contributed by atoms with Crippen LogP contribution in [-0.2, 0) is 10.0 Å². The van der Waals surface area contributed by atoms with E-state index < -0.39 is 16.1 Å². The zero-order chi connectivity index (χ0) is 18.6. The molecule has 1 aromatic carbocycles. The van der Waals surface area contributed by atoms with Gasteiger partial charge in [0.15, 0.2) is 0 Å². The minimum absolute atomic E-state index is 0.258. The van der Waals surface area contributed by atoms with Crippen LogP contribution in [0.15, 0.2) is 48.8 Å². The molecule has 1 aliphatic heterocycles. The molecule has 1 aliphatic rings. The van der Waals surface area contributed by atoms with Gasteiger partial charge >= 0.3 is 0 Å². The van der Waals surface area contributed by atoms with Crippen molar-refractivity contribution in [2.24, 2.45) is 0 Å². The first-order valence-electron chi connectivity index (χ1n) is 8.27. The Kier molecular flexibility index (Phi) is 5.82. The number of anilines is 1. The van der Waals surface area contributed by atoms with Crippen molar-refractivity contribution in [2.75, 3.05) is 36.8 Å². The van der Waals surface area contributed by atoms with Gasteiger partial charge in [-0.1, -0.05) is 6.07 Å². The second-order valence-electron chi connectivity index (χ2n) is 6.11. The molecule has 0 spiro atoms. The van der Waals surface area contributed by atoms with E-state index in [1.165, 1.54) is 22.6 Å². The molecular formula is C17H21FN4O3S. The van der Waals surface area contributed by atoms with Crippen molar-refractivity contribution in [3.05, 3.63) is 60.2 Å². The van der Waals surface area contributed by atoms with Crippen LogP contribution in [0.4, 0.5) is 10.1 Å². The molecule has 3 rings (SSSR count). The van der Waals surface area contributed by atoms with E-state index in [1.807, 2.05) is 4.90 Å². The van der Waals surface area contributed by atoms with Crippen molar-refractivity contribution >= 4 is 15.7 Å². The Bertz CT molecular complexity index is 810. The number of piperazine rings is 1. The first kappa shape index (κ1) is 18.7. The van der Waals surface area contributed by atoms with Crippen molar-refractivity contribution in [1.82, 2.24) is 14.8 Å². The third kappa shape index (κ3) is 4.36. The highest BCUT2D eigenvalue weighted by Gasteiger charge is 2.30. The van der Waals surface area contributed by atoms with E-state index in [0.29, 0.717) is 31.7 Å². The fraction of sp³-hybridized carbons (Fsp3) is 0.353. The van der Waals surface area contributed by atoms with Crippen molar-refractivity contribution < 1.29 is 18.0 Å². The summed E-state index contributed by atoms with van der Waals surface area (Å²) in [5.41, 5.74) is 3.53. The number of pyridine rings is 1. The topological polar surface area (TPSA) is 85.8 Å². The number of aromatic nitrogens is 1. The lowest BCUT2D eigenvalue weighted by Gasteiger charge is -2.36. The molecule has 1 unspecified atom stereocenters. The van der Waals surface area contributed by atoms with E-state index in [-0.39, 0.29) is 11.6 Å². The number of nitrogens with zero attached hydrogens (tertiary/aromatic N) is 3. The normalized spacial score (nSPS) is 17.2. The smallest absolute Gasteiger partial charge is 0.216 e. The molecule has 0 radical (unpaired) electrons. The average molecular weight is 380 g/mol. The van der Waals surface area contributed by atoms with Crippen molar-refractivity contribution in [2.45, 2.75) is 6.04 Å². The zero-order valence-electron chi connectivity index (χ0n) is 14.1. The molecule has 0 saturated carbocycles. The first-order valence-corrected chi connectivity index (χ1v) is 9.88. The Balaban J connectivity index is 1.63. The molecule has 140 valence electrons. The molecular weight excluding hydrogens is 359 g/mol. The third-order valence-corrected chi connectivity index (χ3v) is 6.35. The van der Waals surface area contributed by atoms with Crippen LogP contribution in [0.5, 0.6) is 0 Å². The molecule has 2 N–H and O–H groups in total. The summed E-state index contributed by atoms with van der Waals surface area (Å²) in [4.78, 5) is 5.98. The summed E-state index contributed by atoms with van der Waals surface area (Å²) in [6.07, 6.45) is 3.11. The molecule has 1 saturated heterocycles. The van der Waals surface area contributed by atoms with Crippen LogP contribution in [0, 0.1) is 5.82 Å². The van der Waals surface area contributed by atoms with Gasteiger partial charge in [-0.25, -0.2) is 12.8 Å². The second-order valence-corrected chi connectivity index (χ2v) is 8.12. The van der Waals surface area contributed by atoms with Crippen LogP contribution < -0.4 is 10.4 Å². The summed E-state index contributed by atoms with van der Waals surface area (Å²) in [7, 11) is -3.56. The van der Waals surface area contributed by atoms with Crippen molar-refractivity contribution in [1.29, 1.82) is 0 Å². The summed E-state index contributed by atoms with van der Waals surface area (Å²) in [5, 5.41) is 9.35. The number of sulfonamides is 1. The largest absolute Gasteiger partial charge is 0.369 e. The van der Waals surface area contributed by atoms with Crippen LogP contribution in [0.25, 0.3) is 0 Å². The van der Waals surface area contributed by atoms with E-state index in [2.05, 4.69) is 10.5 Å². The van der Waals surface area contributed by atoms with Gasteiger partial charge in [-0.15, -0.1) is 0 Å². The second kappa shape index (κ2) is 8.09. The highest BCUT2D eigenvalue weighted by molar-refractivity contribution is 7.89. The average Bonchev–Trinajstić information content (AvgIpc) is 2.67. The summed E-state index contributed by atoms with van der Waals surface area (Å²) in [5.74, 6) is -0.556. The van der Waals surface area contributed by atoms with Gasteiger partial charge in [-0.3, -0.25) is 4.98 Å². The Morgan fingerprint density at radius 3 is 2.42 bits per heavy atom. The van der Waals surface area contributed by atoms with Crippen molar-refractivity contribution in [3.63, 3.8) is 0 Å². The molecule has 26 heavy (non-hydrogen) atoms. The van der Waals surface area contributed by atoms with E-state index in [0.717, 1.165) is 5.69 Å². The van der Waals surface area contributed by atoms with Crippen LogP contribution in [0.3, 0.4) is 0 Å². The number of nitrogens with one attached hydrogen (secondary N) is 1. The number of benzene rings is 1. The quantitative estimate of drug-likeness (QED) is 0.737. The van der Waals surface area contributed by atoms with Gasteiger partial charge in [0.05, 0.1) is 11.8 Å². The molecule has 1 aromatic heterocycles. The number of halogens is 1. The van der Waals surface area contributed by atoms with E-state index in [9.17, 15) is 18.0 Å². The van der Waals surface area contributed by atoms with E-state index in [4.69, 9.17) is 0 Å². The first-order chi connectivity index (χ1) is 12.5. The summed E-state index contributed by atoms with van der Waals surface area (Å²) in [6.45, 7) is 1.72. The predicted octanol–water partition coefficient (Wildman–Crippen LogP) is 1.39. The highest BCUT2D eigenvalue weighted by atomic mass is 32.2. The molecule has 1 fully saturated rings. The van der Waals surface area contributed by atoms with E-state index >= 15 is 0 Å². The Labute approximate surface area is 152 Å². The predicted molar refractivity (Wildman–Crippen MR) is 95.9 cm³/mol. The Hall–Kier alpha value is -2.07. The van der Waals surface area contributed by atoms with Crippen LogP contribution >= 0.6 is 0 Å². The van der Waals surface area contributed by atoms with Crippen molar-refractivity contribution in [3.8, 4) is 0 Å². The van der Waals surface area contributed by atoms with Gasteiger partial charge in [0.1, 0.15) is 5.82 Å². The monoisotopic (exact) mass is 380 g/mol. The van der Waals surface area contributed by atoms with Gasteiger partial charge < -0.3 is 10.1 Å². The SMILES string of the molecule is O=S(=O)(CC(NO)c1cccnc1)N1CCN(c2ccc(F)cc2)CC1. The molecule has 0 aliphatic carbocycles. The van der Waals surface area contributed by atoms with Crippen LogP contribution in [-0.4, -0.2) is 54.8 Å². The molecule has 2 aromatic rings. The summed E-state index contributed by atoms with van der Waals surface area (Å²) < 4.78 is 39.9. The summed E-state index contributed by atoms with van der Waals surface area (Å²) in [6, 6.07) is 8.81. The molecule has 1 atom stereocenters. The number of hydrogen-bond donors (Lipinski definition) is 2. The number of rotatable bonds is 6. The fourth-order valence-electron chi connectivity index (χ4n) is 2.98. The fourth-order valence-corrected chi connectivity index (χ4v) is 4.60. The molecule has 9 heteroatoms. The summed E-state index contributed by atoms with van der Waals surface area (Å²) >= 11 is 0. The molecule has 0 bridgehead atoms. The Morgan fingerprint density at radius 2 is 1.85 bits per heavy atom. The maximum absolute atomic E-state index is 13.0. The van der Waals surface area contributed by atoms with Crippen LogP contribution in [0.2, 0.25) is 0 Å². The van der Waals surface area contributed by atoms with Gasteiger partial charge in [0.25, 0.3) is 0 Å². The minimum Gasteiger partial charge on any atom is -0.369 e. The minimum atomic E-state index is -3.56. The number of hydrogen-bond acceptors (Lipinski definition) is 6. The van der Waals surface area contributed by atoms with E-state index in [1.54, 1.807) is 30.5 Å². The lowest BCUT2D eigenvalue weighted by atomic mass is 10.1. The third-order valence-electron chi connectivity index (χ3n) is 4.44. The lowest BCUT2D eigenvalue weighted by Crippen LogP contribution is -2.50. The van der Waals surface area contributed by atoms with Gasteiger partial charge in [-0.05, 0) is 35.9 Å². The maximum Gasteiger partial charge on any atom is 0.216 e. The Morgan fingerprint density at radius 1 is 1.15 bits per heavy atom. The molecule has 2 heterocycles. The van der Waals surface area contributed by atoms with Gasteiger partial charge in [0, 0.05) is 44.3 Å². The maximum atomic E-state index is 13.0. The number of hydroxylamine groups is 1. The standard InChI is InChI=1S/C17H21FN4O3S/c18-15-3-5-16(6-4-15)21-8-10-22(11-9-21)26(24,25)13-17(20-23)14-2-1-7-19-12-14/h1-7,12,17,20,23H,8-11,13H2. The highest BCUT2D eigenvalue weighted by Crippen LogP contribution is 2.20. The molecule has 7 nitrogen and oxygen atoms in total. The van der Waals surface area contributed by atoms with Gasteiger partial charge in [0.2, 0.25) is 10.0 Å². The van der Waals surface area contributed by atoms with Crippen LogP contribution in [0.1, 0.15) is 11.6 Å². The zero-order valence-corrected chi connectivity index (χ0v) is 14.9. The van der Waals surface area contributed by atoms with Gasteiger partial charge in [-0.2, -0.15) is 9.79 Å². The lowest BCUT2D eigenvalue weighted by molar-refractivity contribution is 0.133.